The number of amides is 2. The summed E-state index contributed by atoms with van der Waals surface area (Å²) in [5.74, 6) is -2.10. The summed E-state index contributed by atoms with van der Waals surface area (Å²) in [5, 5.41) is 3.75. The van der Waals surface area contributed by atoms with Gasteiger partial charge in [-0.15, -0.1) is 5.06 Å². The number of carbonyl (C=O) groups is 2. The Hall–Kier alpha value is -4.22. The van der Waals surface area contributed by atoms with Gasteiger partial charge in [-0.25, -0.2) is 22.6 Å². The maximum Gasteiger partial charge on any atom is 0.427 e. The predicted octanol–water partition coefficient (Wildman–Crippen LogP) is 3.62. The summed E-state index contributed by atoms with van der Waals surface area (Å²) < 4.78 is 61.1. The number of aromatic nitrogens is 1. The third kappa shape index (κ3) is 6.78. The van der Waals surface area contributed by atoms with Crippen LogP contribution in [0.25, 0.3) is 0 Å². The number of piperidine rings is 1. The average molecular weight is 747 g/mol. The molecular formula is C34H40ClFN6O8S. The number of nitrogens with zero attached hydrogens (tertiary/aromatic N) is 5. The minimum atomic E-state index is -4.86. The Morgan fingerprint density at radius 1 is 1.04 bits per heavy atom. The molecule has 0 spiro atoms. The standard InChI is InChI=1S/C34H40ClFN6O8S/c1-5-49-31-24(7-6-12-37-31)34(38-33(44)50-41-13-10-22(11-14-41)40-17-15-39(2)16-18-40)25-20-26(35)27(36)21-28(25)42(32(34)43)51(45,46)30-9-8-23(47-3)19-29(30)48-4/h6-9,12,19-22H,5,10-11,13-18H2,1-4H3,(H,38,44). The van der Waals surface area contributed by atoms with Crippen LogP contribution in [0.1, 0.15) is 30.9 Å². The van der Waals surface area contributed by atoms with E-state index in [0.717, 1.165) is 51.2 Å². The van der Waals surface area contributed by atoms with Crippen LogP contribution >= 0.6 is 11.6 Å². The number of likely N-dealkylation sites (N-methyl/N-ethyl adjacent to an activating group) is 1. The van der Waals surface area contributed by atoms with Gasteiger partial charge in [0, 0.05) is 69.2 Å². The van der Waals surface area contributed by atoms with E-state index in [0.29, 0.717) is 29.2 Å². The molecule has 0 aliphatic carbocycles. The lowest BCUT2D eigenvalue weighted by molar-refractivity contribution is -0.130. The molecule has 51 heavy (non-hydrogen) atoms. The lowest BCUT2D eigenvalue weighted by Crippen LogP contribution is -2.56. The number of sulfonamides is 1. The van der Waals surface area contributed by atoms with Gasteiger partial charge in [-0.05, 0) is 57.1 Å². The van der Waals surface area contributed by atoms with Gasteiger partial charge < -0.3 is 23.9 Å². The van der Waals surface area contributed by atoms with E-state index in [1.807, 2.05) is 0 Å². The Morgan fingerprint density at radius 2 is 1.76 bits per heavy atom. The zero-order valence-electron chi connectivity index (χ0n) is 28.7. The van der Waals surface area contributed by atoms with E-state index in [1.54, 1.807) is 6.92 Å². The Balaban J connectivity index is 1.40. The number of piperazine rings is 1. The maximum absolute atomic E-state index is 15.3. The minimum Gasteiger partial charge on any atom is -0.497 e. The van der Waals surface area contributed by atoms with E-state index in [2.05, 4.69) is 27.1 Å². The lowest BCUT2D eigenvalue weighted by Gasteiger charge is -2.41. The molecule has 3 aliphatic heterocycles. The minimum absolute atomic E-state index is 0.0223. The van der Waals surface area contributed by atoms with Gasteiger partial charge in [-0.2, -0.15) is 4.31 Å². The molecule has 0 radical (unpaired) electrons. The zero-order chi connectivity index (χ0) is 36.5. The van der Waals surface area contributed by atoms with Crippen LogP contribution in [0.4, 0.5) is 14.9 Å². The molecule has 2 amide bonds. The number of hydrogen-bond acceptors (Lipinski definition) is 12. The summed E-state index contributed by atoms with van der Waals surface area (Å²) in [6, 6.07) is 9.15. The molecule has 4 heterocycles. The van der Waals surface area contributed by atoms with Gasteiger partial charge in [0.1, 0.15) is 22.2 Å². The lowest BCUT2D eigenvalue weighted by atomic mass is 9.84. The fourth-order valence-corrected chi connectivity index (χ4v) is 8.62. The number of pyridine rings is 1. The third-order valence-electron chi connectivity index (χ3n) is 9.49. The van der Waals surface area contributed by atoms with E-state index in [4.69, 9.17) is 30.6 Å². The topological polar surface area (TPSA) is 143 Å². The van der Waals surface area contributed by atoms with Crippen molar-refractivity contribution in [2.45, 2.75) is 36.2 Å². The molecule has 1 atom stereocenters. The van der Waals surface area contributed by atoms with Gasteiger partial charge in [0.2, 0.25) is 5.88 Å². The van der Waals surface area contributed by atoms with Gasteiger partial charge >= 0.3 is 6.09 Å². The van der Waals surface area contributed by atoms with E-state index >= 15 is 9.18 Å². The third-order valence-corrected chi connectivity index (χ3v) is 11.5. The van der Waals surface area contributed by atoms with Crippen molar-refractivity contribution in [3.63, 3.8) is 0 Å². The highest BCUT2D eigenvalue weighted by molar-refractivity contribution is 7.93. The van der Waals surface area contributed by atoms with Gasteiger partial charge in [0.15, 0.2) is 5.54 Å². The van der Waals surface area contributed by atoms with Crippen LogP contribution in [0.5, 0.6) is 17.4 Å². The van der Waals surface area contributed by atoms with Crippen molar-refractivity contribution < 1.29 is 41.4 Å². The largest absolute Gasteiger partial charge is 0.497 e. The van der Waals surface area contributed by atoms with Gasteiger partial charge in [0.05, 0.1) is 37.1 Å². The number of nitrogens with one attached hydrogen (secondary N) is 1. The molecular weight excluding hydrogens is 707 g/mol. The molecule has 6 rings (SSSR count). The number of ether oxygens (including phenoxy) is 3. The van der Waals surface area contributed by atoms with Crippen LogP contribution in [0.3, 0.4) is 0 Å². The molecule has 0 saturated carbocycles. The Morgan fingerprint density at radius 3 is 2.43 bits per heavy atom. The van der Waals surface area contributed by atoms with Crippen molar-refractivity contribution >= 4 is 39.3 Å². The molecule has 3 aliphatic rings. The molecule has 1 unspecified atom stereocenters. The maximum atomic E-state index is 15.3. The van der Waals surface area contributed by atoms with Crippen LogP contribution in [0.2, 0.25) is 5.02 Å². The Kier molecular flexibility index (Phi) is 10.6. The smallest absolute Gasteiger partial charge is 0.427 e. The van der Waals surface area contributed by atoms with Gasteiger partial charge in [-0.1, -0.05) is 11.6 Å². The molecule has 274 valence electrons. The second kappa shape index (κ2) is 14.8. The van der Waals surface area contributed by atoms with Crippen molar-refractivity contribution in [1.29, 1.82) is 0 Å². The highest BCUT2D eigenvalue weighted by atomic mass is 35.5. The number of hydrogen-bond donors (Lipinski definition) is 1. The quantitative estimate of drug-likeness (QED) is 0.324. The van der Waals surface area contributed by atoms with E-state index in [-0.39, 0.29) is 35.1 Å². The number of methoxy groups -OCH3 is 2. The predicted molar refractivity (Wildman–Crippen MR) is 185 cm³/mol. The first-order chi connectivity index (χ1) is 24.4. The molecule has 17 heteroatoms. The molecule has 2 fully saturated rings. The van der Waals surface area contributed by atoms with Crippen LogP contribution in [-0.4, -0.2) is 113 Å². The highest BCUT2D eigenvalue weighted by Gasteiger charge is 2.59. The first-order valence-corrected chi connectivity index (χ1v) is 18.3. The number of carbonyl (C=O) groups excluding carboxylic acids is 2. The van der Waals surface area contributed by atoms with Gasteiger partial charge in [-0.3, -0.25) is 15.0 Å². The molecule has 3 aromatic rings. The molecule has 0 bridgehead atoms. The molecule has 2 aromatic carbocycles. The summed E-state index contributed by atoms with van der Waals surface area (Å²) in [6.07, 6.45) is 1.87. The fourth-order valence-electron chi connectivity index (χ4n) is 6.86. The van der Waals surface area contributed by atoms with Gasteiger partial charge in [0.25, 0.3) is 15.9 Å². The summed E-state index contributed by atoms with van der Waals surface area (Å²) in [7, 11) is -0.108. The summed E-state index contributed by atoms with van der Waals surface area (Å²) in [4.78, 5) is 43.3. The van der Waals surface area contributed by atoms with Crippen molar-refractivity contribution in [2.24, 2.45) is 0 Å². The molecule has 2 saturated heterocycles. The molecule has 14 nitrogen and oxygen atoms in total. The van der Waals surface area contributed by atoms with Crippen LogP contribution in [-0.2, 0) is 25.2 Å². The molecule has 1 N–H and O–H groups in total. The van der Waals surface area contributed by atoms with Crippen LogP contribution in [0, 0.1) is 5.82 Å². The second-order valence-electron chi connectivity index (χ2n) is 12.4. The number of fused-ring (bicyclic) bond motifs is 1. The van der Waals surface area contributed by atoms with Crippen LogP contribution < -0.4 is 23.8 Å². The van der Waals surface area contributed by atoms with E-state index < -0.39 is 43.3 Å². The highest BCUT2D eigenvalue weighted by Crippen LogP contribution is 2.51. The fraction of sp³-hybridized carbons (Fsp3) is 0.441. The number of halogens is 2. The molecule has 1 aromatic heterocycles. The van der Waals surface area contributed by atoms with Crippen molar-refractivity contribution in [3.05, 3.63) is 70.6 Å². The Bertz CT molecular complexity index is 1910. The zero-order valence-corrected chi connectivity index (χ0v) is 30.3. The normalized spacial score (nSPS) is 20.6. The second-order valence-corrected chi connectivity index (χ2v) is 14.6. The van der Waals surface area contributed by atoms with E-state index in [1.165, 1.54) is 55.8 Å². The monoisotopic (exact) mass is 746 g/mol. The summed E-state index contributed by atoms with van der Waals surface area (Å²) in [5.41, 5.74) is -2.91. The number of benzene rings is 2. The Labute approximate surface area is 301 Å². The SMILES string of the molecule is CCOc1ncccc1C1(NC(=O)ON2CCC(N3CCN(C)CC3)CC2)C(=O)N(S(=O)(=O)c2ccc(OC)cc2OC)c2cc(F)c(Cl)cc21. The van der Waals surface area contributed by atoms with E-state index in [9.17, 15) is 13.2 Å². The number of rotatable bonds is 10. The summed E-state index contributed by atoms with van der Waals surface area (Å²) in [6.45, 7) is 6.59. The summed E-state index contributed by atoms with van der Waals surface area (Å²) >= 11 is 6.30. The van der Waals surface area contributed by atoms with Crippen molar-refractivity contribution in [2.75, 3.05) is 71.4 Å². The van der Waals surface area contributed by atoms with Crippen LogP contribution in [0.15, 0.2) is 53.6 Å². The first kappa shape index (κ1) is 36.6. The first-order valence-electron chi connectivity index (χ1n) is 16.5. The average Bonchev–Trinajstić information content (AvgIpc) is 3.35. The van der Waals surface area contributed by atoms with Crippen molar-refractivity contribution in [1.82, 2.24) is 25.2 Å². The van der Waals surface area contributed by atoms with Crippen molar-refractivity contribution in [3.8, 4) is 17.4 Å². The number of hydroxylamine groups is 2. The number of anilines is 1.